The summed E-state index contributed by atoms with van der Waals surface area (Å²) in [7, 11) is 0. The van der Waals surface area contributed by atoms with E-state index in [1.807, 2.05) is 24.3 Å². The number of carbonyl (C=O) groups excluding carboxylic acids is 4. The monoisotopic (exact) mass is 574 g/mol. The van der Waals surface area contributed by atoms with Gasteiger partial charge in [-0.15, -0.1) is 11.8 Å². The van der Waals surface area contributed by atoms with Gasteiger partial charge < -0.3 is 28.4 Å². The second kappa shape index (κ2) is 14.7. The summed E-state index contributed by atoms with van der Waals surface area (Å²) in [6.07, 6.45) is -5.11. The third-order valence-electron chi connectivity index (χ3n) is 5.72. The lowest BCUT2D eigenvalue weighted by Gasteiger charge is -2.43. The smallest absolute Gasteiger partial charge is 0.303 e. The Kier molecular flexibility index (Phi) is 11.4. The van der Waals surface area contributed by atoms with Gasteiger partial charge in [0.1, 0.15) is 18.5 Å². The van der Waals surface area contributed by atoms with Gasteiger partial charge in [-0.1, -0.05) is 31.2 Å². The molecule has 0 saturated carbocycles. The van der Waals surface area contributed by atoms with Gasteiger partial charge in [-0.3, -0.25) is 19.2 Å². The van der Waals surface area contributed by atoms with E-state index in [1.165, 1.54) is 18.7 Å². The average Bonchev–Trinajstić information content (AvgIpc) is 2.89. The number of ether oxygens (including phenoxy) is 6. The highest BCUT2D eigenvalue weighted by Crippen LogP contribution is 2.32. The minimum Gasteiger partial charge on any atom is -0.463 e. The van der Waals surface area contributed by atoms with Gasteiger partial charge in [-0.05, 0) is 47.6 Å². The molecular weight excluding hydrogens is 540 g/mol. The normalized spacial score (nSPS) is 22.1. The summed E-state index contributed by atoms with van der Waals surface area (Å²) in [4.78, 5) is 48.6. The molecule has 2 aromatic rings. The van der Waals surface area contributed by atoms with E-state index in [1.54, 1.807) is 23.9 Å². The second-order valence-electron chi connectivity index (χ2n) is 9.08. The van der Waals surface area contributed by atoms with Crippen LogP contribution in [0.4, 0.5) is 0 Å². The fraction of sp³-hybridized carbons (Fsp3) is 0.448. The number of rotatable bonds is 11. The maximum atomic E-state index is 12.0. The highest BCUT2D eigenvalue weighted by Gasteiger charge is 2.53. The van der Waals surface area contributed by atoms with Gasteiger partial charge in [0.25, 0.3) is 0 Å². The lowest BCUT2D eigenvalue weighted by molar-refractivity contribution is -0.288. The van der Waals surface area contributed by atoms with Crippen LogP contribution in [0.2, 0.25) is 0 Å². The van der Waals surface area contributed by atoms with Crippen LogP contribution in [0.1, 0.15) is 41.0 Å². The van der Waals surface area contributed by atoms with Crippen molar-refractivity contribution in [2.24, 2.45) is 0 Å². The molecule has 0 bridgehead atoms. The van der Waals surface area contributed by atoms with Crippen molar-refractivity contribution in [3.8, 4) is 16.9 Å². The molecule has 5 atom stereocenters. The van der Waals surface area contributed by atoms with Crippen molar-refractivity contribution in [1.82, 2.24) is 0 Å². The maximum absolute atomic E-state index is 12.0. The van der Waals surface area contributed by atoms with Crippen LogP contribution in [-0.2, 0) is 42.9 Å². The highest BCUT2D eigenvalue weighted by molar-refractivity contribution is 7.99. The molecule has 0 N–H and O–H groups in total. The van der Waals surface area contributed by atoms with Crippen molar-refractivity contribution >= 4 is 35.6 Å². The van der Waals surface area contributed by atoms with Crippen LogP contribution in [0, 0.1) is 0 Å². The predicted octanol–water partition coefficient (Wildman–Crippen LogP) is 4.32. The van der Waals surface area contributed by atoms with Crippen LogP contribution in [0.3, 0.4) is 0 Å². The van der Waals surface area contributed by atoms with Gasteiger partial charge in [0, 0.05) is 32.6 Å². The molecular formula is C29H34O10S. The maximum Gasteiger partial charge on any atom is 0.303 e. The molecule has 1 fully saturated rings. The molecule has 0 amide bonds. The van der Waals surface area contributed by atoms with E-state index < -0.39 is 54.6 Å². The van der Waals surface area contributed by atoms with E-state index in [9.17, 15) is 19.2 Å². The van der Waals surface area contributed by atoms with Crippen LogP contribution in [0.25, 0.3) is 11.1 Å². The van der Waals surface area contributed by atoms with Crippen molar-refractivity contribution in [2.75, 3.05) is 12.4 Å². The van der Waals surface area contributed by atoms with Gasteiger partial charge in [0.15, 0.2) is 12.2 Å². The van der Waals surface area contributed by atoms with Crippen molar-refractivity contribution in [1.29, 1.82) is 0 Å². The van der Waals surface area contributed by atoms with Crippen LogP contribution >= 0.6 is 11.8 Å². The number of esters is 4. The molecule has 0 unspecified atom stereocenters. The summed E-state index contributed by atoms with van der Waals surface area (Å²) in [5, 5.41) is 0. The van der Waals surface area contributed by atoms with Crippen molar-refractivity contribution in [2.45, 2.75) is 76.6 Å². The molecule has 3 rings (SSSR count). The van der Waals surface area contributed by atoms with E-state index in [0.29, 0.717) is 5.75 Å². The number of benzene rings is 2. The van der Waals surface area contributed by atoms with Crippen LogP contribution in [0.15, 0.2) is 53.4 Å². The zero-order valence-electron chi connectivity index (χ0n) is 23.1. The van der Waals surface area contributed by atoms with E-state index >= 15 is 0 Å². The second-order valence-corrected chi connectivity index (χ2v) is 10.3. The summed E-state index contributed by atoms with van der Waals surface area (Å²) in [5.41, 5.74) is 1.99. The molecule has 0 aliphatic carbocycles. The van der Waals surface area contributed by atoms with Gasteiger partial charge >= 0.3 is 23.9 Å². The third-order valence-corrected chi connectivity index (χ3v) is 6.93. The Hall–Kier alpha value is -3.57. The average molecular weight is 575 g/mol. The molecule has 40 heavy (non-hydrogen) atoms. The Labute approximate surface area is 237 Å². The van der Waals surface area contributed by atoms with Gasteiger partial charge in [0.2, 0.25) is 12.4 Å². The first-order valence-corrected chi connectivity index (χ1v) is 13.9. The standard InChI is InChI=1S/C29H34O10S/c1-6-15-40-24-13-9-22(10-14-24)21-7-11-23(12-8-21)38-29-28(37-20(5)33)27(36-19(4)32)26(35-18(3)31)25(39-29)16-34-17(2)30/h7-14,25-29H,6,15-16H2,1-5H3/t25-,26-,27+,28-,29-/m1/s1. The lowest BCUT2D eigenvalue weighted by atomic mass is 9.98. The third kappa shape index (κ3) is 8.99. The van der Waals surface area contributed by atoms with Gasteiger partial charge in [-0.2, -0.15) is 0 Å². The zero-order valence-corrected chi connectivity index (χ0v) is 23.9. The molecule has 1 heterocycles. The van der Waals surface area contributed by atoms with E-state index in [4.69, 9.17) is 28.4 Å². The summed E-state index contributed by atoms with van der Waals surface area (Å²) < 4.78 is 33.4. The first kappa shape index (κ1) is 31.0. The van der Waals surface area contributed by atoms with E-state index in [2.05, 4.69) is 19.1 Å². The molecule has 1 aliphatic rings. The summed E-state index contributed by atoms with van der Waals surface area (Å²) in [5.74, 6) is -1.27. The zero-order chi connectivity index (χ0) is 29.2. The van der Waals surface area contributed by atoms with Crippen molar-refractivity contribution < 1.29 is 47.6 Å². The summed E-state index contributed by atoms with van der Waals surface area (Å²) in [6.45, 7) is 6.53. The van der Waals surface area contributed by atoms with E-state index in [-0.39, 0.29) is 6.61 Å². The Balaban J connectivity index is 1.87. The molecule has 0 aromatic heterocycles. The first-order valence-electron chi connectivity index (χ1n) is 12.9. The first-order chi connectivity index (χ1) is 19.1. The molecule has 2 aromatic carbocycles. The number of thioether (sulfide) groups is 1. The minimum atomic E-state index is -1.30. The highest BCUT2D eigenvalue weighted by atomic mass is 32.2. The summed E-state index contributed by atoms with van der Waals surface area (Å²) >= 11 is 1.81. The molecule has 0 spiro atoms. The van der Waals surface area contributed by atoms with Crippen LogP contribution < -0.4 is 4.74 Å². The Morgan fingerprint density at radius 2 is 1.25 bits per heavy atom. The molecule has 216 valence electrons. The van der Waals surface area contributed by atoms with Crippen LogP contribution in [0.5, 0.6) is 5.75 Å². The van der Waals surface area contributed by atoms with Gasteiger partial charge in [-0.25, -0.2) is 0 Å². The minimum absolute atomic E-state index is 0.330. The lowest BCUT2D eigenvalue weighted by Crippen LogP contribution is -2.63. The topological polar surface area (TPSA) is 124 Å². The molecule has 11 heteroatoms. The van der Waals surface area contributed by atoms with Crippen LogP contribution in [-0.4, -0.2) is 66.9 Å². The quantitative estimate of drug-likeness (QED) is 0.217. The largest absolute Gasteiger partial charge is 0.463 e. The van der Waals surface area contributed by atoms with E-state index in [0.717, 1.165) is 37.1 Å². The Morgan fingerprint density at radius 1 is 0.725 bits per heavy atom. The van der Waals surface area contributed by atoms with Crippen molar-refractivity contribution in [3.63, 3.8) is 0 Å². The molecule has 0 radical (unpaired) electrons. The Morgan fingerprint density at radius 3 is 1.77 bits per heavy atom. The molecule has 1 aliphatic heterocycles. The summed E-state index contributed by atoms with van der Waals surface area (Å²) in [6, 6.07) is 15.5. The molecule has 1 saturated heterocycles. The van der Waals surface area contributed by atoms with Crippen molar-refractivity contribution in [3.05, 3.63) is 48.5 Å². The number of carbonyl (C=O) groups is 4. The number of hydrogen-bond donors (Lipinski definition) is 0. The SMILES string of the molecule is CCCSc1ccc(-c2ccc(O[C@@H]3O[C@H](COC(C)=O)[C@@H](OC(C)=O)[C@H](OC(C)=O)[C@H]3OC(C)=O)cc2)cc1. The van der Waals surface area contributed by atoms with Gasteiger partial charge in [0.05, 0.1) is 0 Å². The Bertz CT molecular complexity index is 1160. The molecule has 10 nitrogen and oxygen atoms in total. The number of hydrogen-bond acceptors (Lipinski definition) is 11. The predicted molar refractivity (Wildman–Crippen MR) is 145 cm³/mol. The fourth-order valence-electron chi connectivity index (χ4n) is 4.11. The fourth-order valence-corrected chi connectivity index (χ4v) is 4.88.